The smallest absolute Gasteiger partial charge is 0.114 e. The van der Waals surface area contributed by atoms with Crippen LogP contribution in [0.4, 0.5) is 0 Å². The van der Waals surface area contributed by atoms with Crippen molar-refractivity contribution in [1.82, 2.24) is 9.55 Å². The van der Waals surface area contributed by atoms with Crippen molar-refractivity contribution in [2.75, 3.05) is 6.54 Å². The molecule has 23 heavy (non-hydrogen) atoms. The van der Waals surface area contributed by atoms with Crippen LogP contribution in [0.2, 0.25) is 0 Å². The molecule has 0 bridgehead atoms. The van der Waals surface area contributed by atoms with E-state index in [1.807, 2.05) is 0 Å². The first-order chi connectivity index (χ1) is 11.2. The number of aromatic nitrogens is 2. The van der Waals surface area contributed by atoms with Crippen LogP contribution >= 0.6 is 0 Å². The molecule has 0 amide bonds. The summed E-state index contributed by atoms with van der Waals surface area (Å²) in [5, 5.41) is 3.58. The predicted octanol–water partition coefficient (Wildman–Crippen LogP) is 4.75. The fourth-order valence-electron chi connectivity index (χ4n) is 2.80. The Balaban J connectivity index is 2.02. The second kappa shape index (κ2) is 6.55. The molecule has 0 saturated heterocycles. The minimum atomic E-state index is 0.489. The van der Waals surface area contributed by atoms with Crippen molar-refractivity contribution >= 4 is 11.0 Å². The molecule has 0 fully saturated rings. The summed E-state index contributed by atoms with van der Waals surface area (Å²) < 4.78 is 2.22. The maximum atomic E-state index is 8.34. The van der Waals surface area contributed by atoms with E-state index in [9.17, 15) is 0 Å². The Morgan fingerprint density at radius 3 is 2.65 bits per heavy atom. The lowest BCUT2D eigenvalue weighted by molar-refractivity contribution is 0.904. The Kier molecular flexibility index (Phi) is 4.31. The first-order valence-corrected chi connectivity index (χ1v) is 7.81. The molecule has 0 saturated carbocycles. The molecule has 1 heterocycles. The summed E-state index contributed by atoms with van der Waals surface area (Å²) in [5.74, 6) is 1.06. The van der Waals surface area contributed by atoms with Crippen molar-refractivity contribution in [3.05, 3.63) is 69.9 Å². The van der Waals surface area contributed by atoms with Crippen molar-refractivity contribution in [3.63, 3.8) is 0 Å². The van der Waals surface area contributed by atoms with Crippen LogP contribution in [-0.2, 0) is 12.8 Å². The van der Waals surface area contributed by atoms with E-state index < -0.39 is 0 Å². The number of rotatable bonds is 5. The molecule has 0 aliphatic rings. The van der Waals surface area contributed by atoms with E-state index in [-0.39, 0.29) is 0 Å². The number of benzene rings is 2. The molecule has 0 aliphatic heterocycles. The molecule has 2 aromatic carbocycles. The van der Waals surface area contributed by atoms with Crippen LogP contribution in [0.15, 0.2) is 47.6 Å². The van der Waals surface area contributed by atoms with Gasteiger partial charge >= 0.3 is 0 Å². The highest BCUT2D eigenvalue weighted by atomic mass is 15.1. The van der Waals surface area contributed by atoms with Crippen LogP contribution in [0.1, 0.15) is 23.9 Å². The van der Waals surface area contributed by atoms with E-state index >= 15 is 0 Å². The standard InChI is InChI=1S/C18H19N5/c1-3-18-21-16-9-4-13(2)12-17(16)23(18)15-7-5-14(6-8-15)10-11-20-22-19/h4-9,12H,3,10-11H2,1-2H3. The van der Waals surface area contributed by atoms with Crippen LogP contribution in [0.3, 0.4) is 0 Å². The van der Waals surface area contributed by atoms with Gasteiger partial charge in [0.1, 0.15) is 5.82 Å². The summed E-state index contributed by atoms with van der Waals surface area (Å²) in [6.07, 6.45) is 1.64. The number of imidazole rings is 1. The number of hydrogen-bond acceptors (Lipinski definition) is 2. The number of fused-ring (bicyclic) bond motifs is 1. The molecule has 0 atom stereocenters. The summed E-state index contributed by atoms with van der Waals surface area (Å²) in [6, 6.07) is 14.7. The zero-order valence-corrected chi connectivity index (χ0v) is 13.4. The van der Waals surface area contributed by atoms with Crippen molar-refractivity contribution < 1.29 is 0 Å². The average Bonchev–Trinajstić information content (AvgIpc) is 2.93. The lowest BCUT2D eigenvalue weighted by Crippen LogP contribution is -2.00. The van der Waals surface area contributed by atoms with Gasteiger partial charge in [0.05, 0.1) is 11.0 Å². The summed E-state index contributed by atoms with van der Waals surface area (Å²) in [7, 11) is 0. The zero-order valence-electron chi connectivity index (χ0n) is 13.4. The minimum absolute atomic E-state index is 0.489. The zero-order chi connectivity index (χ0) is 16.2. The van der Waals surface area contributed by atoms with Crippen molar-refractivity contribution in [2.24, 2.45) is 5.11 Å². The molecule has 3 aromatic rings. The Bertz CT molecular complexity index is 870. The fourth-order valence-corrected chi connectivity index (χ4v) is 2.80. The second-order valence-corrected chi connectivity index (χ2v) is 5.58. The van der Waals surface area contributed by atoms with Crippen molar-refractivity contribution in [3.8, 4) is 5.69 Å². The third kappa shape index (κ3) is 3.05. The molecule has 1 aromatic heterocycles. The molecule has 5 nitrogen and oxygen atoms in total. The van der Waals surface area contributed by atoms with Crippen LogP contribution in [0.25, 0.3) is 27.2 Å². The maximum absolute atomic E-state index is 8.34. The SMILES string of the molecule is CCc1nc2ccc(C)cc2n1-c1ccc(CCN=[N+]=[N-])cc1. The Morgan fingerprint density at radius 2 is 1.96 bits per heavy atom. The van der Waals surface area contributed by atoms with E-state index in [0.717, 1.165) is 35.4 Å². The first kappa shape index (κ1) is 15.1. The Labute approximate surface area is 135 Å². The molecule has 116 valence electrons. The van der Waals surface area contributed by atoms with Gasteiger partial charge in [-0.05, 0) is 54.3 Å². The van der Waals surface area contributed by atoms with Gasteiger partial charge in [0, 0.05) is 23.6 Å². The topological polar surface area (TPSA) is 66.6 Å². The Morgan fingerprint density at radius 1 is 1.17 bits per heavy atom. The lowest BCUT2D eigenvalue weighted by atomic mass is 10.1. The van der Waals surface area contributed by atoms with Crippen LogP contribution in [-0.4, -0.2) is 16.1 Å². The summed E-state index contributed by atoms with van der Waals surface area (Å²) in [4.78, 5) is 7.53. The van der Waals surface area contributed by atoms with Gasteiger partial charge in [-0.1, -0.05) is 30.2 Å². The van der Waals surface area contributed by atoms with Crippen LogP contribution < -0.4 is 0 Å². The molecule has 0 N–H and O–H groups in total. The van der Waals surface area contributed by atoms with Gasteiger partial charge in [0.25, 0.3) is 0 Å². The van der Waals surface area contributed by atoms with Crippen LogP contribution in [0, 0.1) is 6.92 Å². The minimum Gasteiger partial charge on any atom is -0.296 e. The van der Waals surface area contributed by atoms with Crippen LogP contribution in [0.5, 0.6) is 0 Å². The van der Waals surface area contributed by atoms with Gasteiger partial charge < -0.3 is 0 Å². The monoisotopic (exact) mass is 305 g/mol. The van der Waals surface area contributed by atoms with Crippen molar-refractivity contribution in [1.29, 1.82) is 0 Å². The van der Waals surface area contributed by atoms with Gasteiger partial charge in [-0.3, -0.25) is 4.57 Å². The van der Waals surface area contributed by atoms with Gasteiger partial charge in [-0.25, -0.2) is 4.98 Å². The van der Waals surface area contributed by atoms with E-state index in [0.29, 0.717) is 6.54 Å². The highest BCUT2D eigenvalue weighted by Gasteiger charge is 2.11. The highest BCUT2D eigenvalue weighted by molar-refractivity contribution is 5.79. The summed E-state index contributed by atoms with van der Waals surface area (Å²) in [6.45, 7) is 4.71. The third-order valence-electron chi connectivity index (χ3n) is 3.95. The normalized spacial score (nSPS) is 10.7. The number of azide groups is 1. The van der Waals surface area contributed by atoms with Crippen molar-refractivity contribution in [2.45, 2.75) is 26.7 Å². The molecule has 3 rings (SSSR count). The maximum Gasteiger partial charge on any atom is 0.114 e. The molecule has 0 aliphatic carbocycles. The van der Waals surface area contributed by atoms with Gasteiger partial charge in [0.15, 0.2) is 0 Å². The Hall–Kier alpha value is -2.78. The predicted molar refractivity (Wildman–Crippen MR) is 92.9 cm³/mol. The van der Waals surface area contributed by atoms with E-state index in [2.05, 4.69) is 70.9 Å². The molecule has 0 radical (unpaired) electrons. The van der Waals surface area contributed by atoms with E-state index in [1.165, 1.54) is 11.1 Å². The largest absolute Gasteiger partial charge is 0.296 e. The average molecular weight is 305 g/mol. The first-order valence-electron chi connectivity index (χ1n) is 7.81. The number of aryl methyl sites for hydroxylation is 2. The molecular weight excluding hydrogens is 286 g/mol. The fraction of sp³-hybridized carbons (Fsp3) is 0.278. The number of nitrogens with zero attached hydrogens (tertiary/aromatic N) is 5. The summed E-state index contributed by atoms with van der Waals surface area (Å²) >= 11 is 0. The number of hydrogen-bond donors (Lipinski definition) is 0. The lowest BCUT2D eigenvalue weighted by Gasteiger charge is -2.09. The van der Waals surface area contributed by atoms with Gasteiger partial charge in [-0.2, -0.15) is 0 Å². The van der Waals surface area contributed by atoms with Gasteiger partial charge in [0.2, 0.25) is 0 Å². The molecule has 0 spiro atoms. The molecule has 5 heteroatoms. The quantitative estimate of drug-likeness (QED) is 0.381. The highest BCUT2D eigenvalue weighted by Crippen LogP contribution is 2.23. The van der Waals surface area contributed by atoms with E-state index in [4.69, 9.17) is 10.5 Å². The third-order valence-corrected chi connectivity index (χ3v) is 3.95. The second-order valence-electron chi connectivity index (χ2n) is 5.58. The summed E-state index contributed by atoms with van der Waals surface area (Å²) in [5.41, 5.74) is 14.0. The van der Waals surface area contributed by atoms with Gasteiger partial charge in [-0.15, -0.1) is 0 Å². The molecule has 0 unspecified atom stereocenters. The van der Waals surface area contributed by atoms with E-state index in [1.54, 1.807) is 0 Å². The molecular formula is C18H19N5.